The fourth-order valence-corrected chi connectivity index (χ4v) is 5.22. The zero-order valence-electron chi connectivity index (χ0n) is 23.5. The number of carboxylic acids is 1. The van der Waals surface area contributed by atoms with E-state index in [9.17, 15) is 9.90 Å². The number of nitrogens with zero attached hydrogens (tertiary/aromatic N) is 7. The molecule has 0 unspecified atom stereocenters. The lowest BCUT2D eigenvalue weighted by atomic mass is 9.92. The van der Waals surface area contributed by atoms with E-state index in [-0.39, 0.29) is 5.60 Å². The number of rotatable bonds is 3. The van der Waals surface area contributed by atoms with Crippen LogP contribution < -0.4 is 4.90 Å². The van der Waals surface area contributed by atoms with Crippen LogP contribution in [0.5, 0.6) is 0 Å². The standard InChI is InChI=1S/C27H39N7O5/c1-18-22(23(25(35)36)39-26(2,3)4)24-32-10-8-27(5,9-11-32)38-13-7-6-12-37-17-20-16-33(31-29-20)15-19-14-21(28-18)34(24)30-19/h14,16,23H,6-13,15,17H2,1-5H3,(H,35,36)/t23-/m0/s1. The van der Waals surface area contributed by atoms with Crippen molar-refractivity contribution in [2.45, 2.75) is 90.8 Å². The number of hydrogen-bond acceptors (Lipinski definition) is 9. The van der Waals surface area contributed by atoms with E-state index >= 15 is 0 Å². The van der Waals surface area contributed by atoms with Crippen molar-refractivity contribution >= 4 is 17.4 Å². The smallest absolute Gasteiger partial charge is 0.337 e. The van der Waals surface area contributed by atoms with Gasteiger partial charge in [-0.2, -0.15) is 9.61 Å². The molecule has 6 heterocycles. The van der Waals surface area contributed by atoms with Gasteiger partial charge in [0.25, 0.3) is 0 Å². The molecule has 3 aliphatic rings. The van der Waals surface area contributed by atoms with Gasteiger partial charge in [0.05, 0.1) is 41.8 Å². The van der Waals surface area contributed by atoms with Crippen LogP contribution in [0.1, 0.15) is 82.1 Å². The number of hydrogen-bond donors (Lipinski definition) is 1. The third-order valence-corrected chi connectivity index (χ3v) is 7.23. The van der Waals surface area contributed by atoms with Crippen LogP contribution in [0.25, 0.3) is 5.65 Å². The zero-order valence-corrected chi connectivity index (χ0v) is 23.5. The molecule has 3 aromatic rings. The predicted octanol–water partition coefficient (Wildman–Crippen LogP) is 3.30. The maximum absolute atomic E-state index is 12.6. The number of aromatic nitrogens is 6. The van der Waals surface area contributed by atoms with Crippen molar-refractivity contribution in [3.05, 3.63) is 34.9 Å². The molecular formula is C27H39N7O5. The summed E-state index contributed by atoms with van der Waals surface area (Å²) in [7, 11) is 0. The molecule has 0 aromatic carbocycles. The number of fused-ring (bicyclic) bond motifs is 8. The van der Waals surface area contributed by atoms with Crippen LogP contribution in [0.15, 0.2) is 12.3 Å². The predicted molar refractivity (Wildman–Crippen MR) is 143 cm³/mol. The number of carboxylic acid groups (broad SMARTS) is 1. The van der Waals surface area contributed by atoms with Crippen molar-refractivity contribution in [3.63, 3.8) is 0 Å². The van der Waals surface area contributed by atoms with Crippen molar-refractivity contribution in [3.8, 4) is 0 Å². The van der Waals surface area contributed by atoms with Crippen molar-refractivity contribution < 1.29 is 24.1 Å². The number of carbonyl (C=O) groups is 1. The molecule has 0 spiro atoms. The first-order valence-corrected chi connectivity index (χ1v) is 13.7. The second-order valence-electron chi connectivity index (χ2n) is 11.7. The van der Waals surface area contributed by atoms with Crippen LogP contribution in [0.3, 0.4) is 0 Å². The molecular weight excluding hydrogens is 502 g/mol. The Morgan fingerprint density at radius 3 is 2.64 bits per heavy atom. The van der Waals surface area contributed by atoms with E-state index in [4.69, 9.17) is 24.3 Å². The zero-order chi connectivity index (χ0) is 27.8. The molecule has 1 saturated heterocycles. The molecule has 0 radical (unpaired) electrons. The van der Waals surface area contributed by atoms with Gasteiger partial charge in [0, 0.05) is 38.1 Å². The molecule has 6 bridgehead atoms. The first-order chi connectivity index (χ1) is 18.5. The van der Waals surface area contributed by atoms with Gasteiger partial charge in [-0.15, -0.1) is 5.10 Å². The highest BCUT2D eigenvalue weighted by atomic mass is 16.5. The Morgan fingerprint density at radius 2 is 1.92 bits per heavy atom. The highest BCUT2D eigenvalue weighted by molar-refractivity contribution is 5.78. The largest absolute Gasteiger partial charge is 0.479 e. The van der Waals surface area contributed by atoms with E-state index < -0.39 is 17.7 Å². The second kappa shape index (κ2) is 10.8. The first kappa shape index (κ1) is 27.5. The van der Waals surface area contributed by atoms with Gasteiger partial charge in [-0.05, 0) is 60.3 Å². The quantitative estimate of drug-likeness (QED) is 0.527. The van der Waals surface area contributed by atoms with Crippen LogP contribution >= 0.6 is 0 Å². The fraction of sp³-hybridized carbons (Fsp3) is 0.667. The molecule has 0 aliphatic carbocycles. The normalized spacial score (nSPS) is 19.6. The van der Waals surface area contributed by atoms with E-state index in [1.807, 2.05) is 40.0 Å². The van der Waals surface area contributed by atoms with Gasteiger partial charge < -0.3 is 24.2 Å². The van der Waals surface area contributed by atoms with Crippen molar-refractivity contribution in [2.75, 3.05) is 31.2 Å². The molecule has 12 heteroatoms. The number of aryl methyl sites for hydroxylation is 1. The minimum Gasteiger partial charge on any atom is -0.479 e. The van der Waals surface area contributed by atoms with E-state index in [1.54, 1.807) is 9.20 Å². The van der Waals surface area contributed by atoms with Crippen LogP contribution in [0.2, 0.25) is 0 Å². The van der Waals surface area contributed by atoms with Crippen LogP contribution in [-0.4, -0.2) is 78.2 Å². The Kier molecular flexibility index (Phi) is 7.62. The SMILES string of the molecule is Cc1nc2cc3nn2c(c1[C@H](OC(C)(C)C)C(=O)O)N1CCC(C)(CC1)OCCCCOCc1cn(nn1)C3. The van der Waals surface area contributed by atoms with Gasteiger partial charge in [0.2, 0.25) is 0 Å². The van der Waals surface area contributed by atoms with Crippen LogP contribution in [0, 0.1) is 6.92 Å². The summed E-state index contributed by atoms with van der Waals surface area (Å²) in [5.74, 6) is -0.357. The average Bonchev–Trinajstić information content (AvgIpc) is 3.47. The van der Waals surface area contributed by atoms with Crippen molar-refractivity contribution in [1.29, 1.82) is 0 Å². The Labute approximate surface area is 228 Å². The summed E-state index contributed by atoms with van der Waals surface area (Å²) in [6, 6.07) is 1.91. The summed E-state index contributed by atoms with van der Waals surface area (Å²) >= 11 is 0. The van der Waals surface area contributed by atoms with E-state index in [0.29, 0.717) is 62.2 Å². The Balaban J connectivity index is 1.61. The van der Waals surface area contributed by atoms with Gasteiger partial charge >= 0.3 is 5.97 Å². The van der Waals surface area contributed by atoms with Crippen LogP contribution in [-0.2, 0) is 32.2 Å². The molecule has 1 fully saturated rings. The number of aliphatic carboxylic acids is 1. The second-order valence-corrected chi connectivity index (χ2v) is 11.7. The molecule has 3 aromatic heterocycles. The summed E-state index contributed by atoms with van der Waals surface area (Å²) in [4.78, 5) is 19.6. The topological polar surface area (TPSA) is 129 Å². The molecule has 212 valence electrons. The van der Waals surface area contributed by atoms with Crippen molar-refractivity contribution in [1.82, 2.24) is 29.6 Å². The Hall–Kier alpha value is -3.09. The van der Waals surface area contributed by atoms with Crippen LogP contribution in [0.4, 0.5) is 5.82 Å². The maximum atomic E-state index is 12.6. The van der Waals surface area contributed by atoms with E-state index in [1.165, 1.54) is 0 Å². The highest BCUT2D eigenvalue weighted by Crippen LogP contribution is 2.37. The summed E-state index contributed by atoms with van der Waals surface area (Å²) in [6.07, 6.45) is 4.09. The van der Waals surface area contributed by atoms with Gasteiger partial charge in [-0.3, -0.25) is 0 Å². The molecule has 39 heavy (non-hydrogen) atoms. The Bertz CT molecular complexity index is 1320. The molecule has 12 nitrogen and oxygen atoms in total. The fourth-order valence-electron chi connectivity index (χ4n) is 5.22. The number of piperidine rings is 1. The monoisotopic (exact) mass is 541 g/mol. The van der Waals surface area contributed by atoms with E-state index in [2.05, 4.69) is 22.1 Å². The molecule has 6 rings (SSSR count). The third-order valence-electron chi connectivity index (χ3n) is 7.23. The molecule has 3 aliphatic heterocycles. The molecule has 0 amide bonds. The maximum Gasteiger partial charge on any atom is 0.337 e. The summed E-state index contributed by atoms with van der Waals surface area (Å²) in [5.41, 5.74) is 2.34. The molecule has 1 N–H and O–H groups in total. The first-order valence-electron chi connectivity index (χ1n) is 13.7. The highest BCUT2D eigenvalue weighted by Gasteiger charge is 2.37. The minimum atomic E-state index is -1.20. The van der Waals surface area contributed by atoms with Gasteiger partial charge in [0.1, 0.15) is 11.5 Å². The van der Waals surface area contributed by atoms with Gasteiger partial charge in [0.15, 0.2) is 11.8 Å². The third kappa shape index (κ3) is 6.23. The molecule has 0 saturated carbocycles. The lowest BCUT2D eigenvalue weighted by Crippen LogP contribution is -2.46. The number of anilines is 1. The molecule has 1 atom stereocenters. The minimum absolute atomic E-state index is 0.247. The number of ether oxygens (including phenoxy) is 3. The van der Waals surface area contributed by atoms with Crippen molar-refractivity contribution in [2.24, 2.45) is 0 Å². The average molecular weight is 542 g/mol. The van der Waals surface area contributed by atoms with E-state index in [0.717, 1.165) is 37.1 Å². The lowest BCUT2D eigenvalue weighted by molar-refractivity contribution is -0.160. The summed E-state index contributed by atoms with van der Waals surface area (Å²) in [6.45, 7) is 13.1. The summed E-state index contributed by atoms with van der Waals surface area (Å²) < 4.78 is 21.7. The van der Waals surface area contributed by atoms with Gasteiger partial charge in [-0.25, -0.2) is 14.5 Å². The Morgan fingerprint density at radius 1 is 1.18 bits per heavy atom. The van der Waals surface area contributed by atoms with Gasteiger partial charge in [-0.1, -0.05) is 5.21 Å². The summed E-state index contributed by atoms with van der Waals surface area (Å²) in [5, 5.41) is 23.6. The lowest BCUT2D eigenvalue weighted by Gasteiger charge is -2.41.